The van der Waals surface area contributed by atoms with Gasteiger partial charge in [-0.25, -0.2) is 4.79 Å². The second kappa shape index (κ2) is 7.03. The van der Waals surface area contributed by atoms with Gasteiger partial charge in [-0.15, -0.1) is 0 Å². The third-order valence-corrected chi connectivity index (χ3v) is 2.85. The summed E-state index contributed by atoms with van der Waals surface area (Å²) in [5.74, 6) is -1.85. The standard InChI is InChI=1S/C15H12N2O6/c18-14(16-11-6-2-1-5-10(11)15(19)20)9-23-13-8-4-3-7-12(13)17(21)22/h1-8H,9H2,(H,16,18)(H,19,20). The largest absolute Gasteiger partial charge is 0.478 e. The molecule has 2 aromatic rings. The summed E-state index contributed by atoms with van der Waals surface area (Å²) in [6, 6.07) is 11.5. The lowest BCUT2D eigenvalue weighted by molar-refractivity contribution is -0.385. The number of carbonyl (C=O) groups excluding carboxylic acids is 1. The highest BCUT2D eigenvalue weighted by atomic mass is 16.6. The Kier molecular flexibility index (Phi) is 4.88. The predicted molar refractivity (Wildman–Crippen MR) is 80.6 cm³/mol. The molecule has 0 atom stereocenters. The van der Waals surface area contributed by atoms with Gasteiger partial charge < -0.3 is 15.2 Å². The maximum atomic E-state index is 11.8. The van der Waals surface area contributed by atoms with Gasteiger partial charge in [0.05, 0.1) is 16.2 Å². The topological polar surface area (TPSA) is 119 Å². The van der Waals surface area contributed by atoms with Crippen molar-refractivity contribution in [1.29, 1.82) is 0 Å². The molecule has 1 amide bonds. The number of nitrogens with one attached hydrogen (secondary N) is 1. The van der Waals surface area contributed by atoms with Gasteiger partial charge in [0.25, 0.3) is 5.91 Å². The third kappa shape index (κ3) is 4.03. The van der Waals surface area contributed by atoms with Crippen molar-refractivity contribution in [2.45, 2.75) is 0 Å². The van der Waals surface area contributed by atoms with Crippen molar-refractivity contribution in [2.75, 3.05) is 11.9 Å². The highest BCUT2D eigenvalue weighted by Crippen LogP contribution is 2.25. The van der Waals surface area contributed by atoms with Crippen LogP contribution in [0.1, 0.15) is 10.4 Å². The highest BCUT2D eigenvalue weighted by Gasteiger charge is 2.16. The quantitative estimate of drug-likeness (QED) is 0.623. The van der Waals surface area contributed by atoms with Gasteiger partial charge >= 0.3 is 11.7 Å². The van der Waals surface area contributed by atoms with Gasteiger partial charge in [0.1, 0.15) is 0 Å². The van der Waals surface area contributed by atoms with E-state index < -0.39 is 23.4 Å². The smallest absolute Gasteiger partial charge is 0.337 e. The van der Waals surface area contributed by atoms with Crippen LogP contribution in [0, 0.1) is 10.1 Å². The molecule has 2 N–H and O–H groups in total. The van der Waals surface area contributed by atoms with E-state index in [9.17, 15) is 19.7 Å². The van der Waals surface area contributed by atoms with E-state index >= 15 is 0 Å². The van der Waals surface area contributed by atoms with E-state index in [1.807, 2.05) is 0 Å². The van der Waals surface area contributed by atoms with Crippen LogP contribution < -0.4 is 10.1 Å². The van der Waals surface area contributed by atoms with Gasteiger partial charge in [0.2, 0.25) is 0 Å². The zero-order valence-corrected chi connectivity index (χ0v) is 11.8. The molecule has 2 aromatic carbocycles. The van der Waals surface area contributed by atoms with Gasteiger partial charge in [-0.3, -0.25) is 14.9 Å². The van der Waals surface area contributed by atoms with Gasteiger partial charge in [0, 0.05) is 6.07 Å². The zero-order valence-electron chi connectivity index (χ0n) is 11.8. The first kappa shape index (κ1) is 16.0. The van der Waals surface area contributed by atoms with Crippen LogP contribution in [0.5, 0.6) is 5.75 Å². The lowest BCUT2D eigenvalue weighted by atomic mass is 10.2. The lowest BCUT2D eigenvalue weighted by Crippen LogP contribution is -2.21. The molecule has 0 spiro atoms. The molecule has 0 aliphatic carbocycles. The number of carboxylic acid groups (broad SMARTS) is 1. The number of benzene rings is 2. The molecular weight excluding hydrogens is 304 g/mol. The Morgan fingerprint density at radius 3 is 2.48 bits per heavy atom. The maximum absolute atomic E-state index is 11.8. The molecule has 0 aliphatic rings. The van der Waals surface area contributed by atoms with Crippen LogP contribution in [-0.4, -0.2) is 28.5 Å². The number of anilines is 1. The van der Waals surface area contributed by atoms with Crippen molar-refractivity contribution in [1.82, 2.24) is 0 Å². The second-order valence-electron chi connectivity index (χ2n) is 4.41. The molecular formula is C15H12N2O6. The number of aromatic carboxylic acids is 1. The van der Waals surface area contributed by atoms with E-state index in [1.54, 1.807) is 12.1 Å². The second-order valence-corrected chi connectivity index (χ2v) is 4.41. The Hall–Kier alpha value is -3.42. The summed E-state index contributed by atoms with van der Waals surface area (Å²) in [7, 11) is 0. The lowest BCUT2D eigenvalue weighted by Gasteiger charge is -2.09. The number of hydrogen-bond donors (Lipinski definition) is 2. The Morgan fingerprint density at radius 1 is 1.13 bits per heavy atom. The Labute approximate surface area is 130 Å². The molecule has 0 aromatic heterocycles. The minimum Gasteiger partial charge on any atom is -0.478 e. The maximum Gasteiger partial charge on any atom is 0.337 e. The first-order valence-electron chi connectivity index (χ1n) is 6.47. The monoisotopic (exact) mass is 316 g/mol. The molecule has 0 fully saturated rings. The number of rotatable bonds is 6. The Bertz CT molecular complexity index is 759. The van der Waals surface area contributed by atoms with E-state index in [-0.39, 0.29) is 22.7 Å². The van der Waals surface area contributed by atoms with Crippen molar-refractivity contribution < 1.29 is 24.4 Å². The van der Waals surface area contributed by atoms with Gasteiger partial charge in [0.15, 0.2) is 12.4 Å². The number of para-hydroxylation sites is 3. The zero-order chi connectivity index (χ0) is 16.8. The average Bonchev–Trinajstić information content (AvgIpc) is 2.53. The van der Waals surface area contributed by atoms with Gasteiger partial charge in [-0.2, -0.15) is 0 Å². The summed E-state index contributed by atoms with van der Waals surface area (Å²) in [6.45, 7) is -0.487. The molecule has 0 saturated heterocycles. The van der Waals surface area contributed by atoms with Crippen LogP contribution in [-0.2, 0) is 4.79 Å². The summed E-state index contributed by atoms with van der Waals surface area (Å²) in [5, 5.41) is 22.3. The van der Waals surface area contributed by atoms with Gasteiger partial charge in [-0.1, -0.05) is 24.3 Å². The van der Waals surface area contributed by atoms with Crippen molar-refractivity contribution in [3.63, 3.8) is 0 Å². The predicted octanol–water partition coefficient (Wildman–Crippen LogP) is 2.31. The van der Waals surface area contributed by atoms with E-state index in [2.05, 4.69) is 5.32 Å². The number of ether oxygens (including phenoxy) is 1. The summed E-state index contributed by atoms with van der Waals surface area (Å²) >= 11 is 0. The van der Waals surface area contributed by atoms with Crippen LogP contribution in [0.15, 0.2) is 48.5 Å². The van der Waals surface area contributed by atoms with Crippen molar-refractivity contribution in [3.05, 3.63) is 64.2 Å². The van der Waals surface area contributed by atoms with E-state index in [4.69, 9.17) is 9.84 Å². The van der Waals surface area contributed by atoms with Crippen LogP contribution in [0.3, 0.4) is 0 Å². The highest BCUT2D eigenvalue weighted by molar-refractivity contribution is 6.00. The SMILES string of the molecule is O=C(COc1ccccc1[N+](=O)[O-])Nc1ccccc1C(=O)O. The average molecular weight is 316 g/mol. The summed E-state index contributed by atoms with van der Waals surface area (Å²) in [4.78, 5) is 33.1. The van der Waals surface area contributed by atoms with E-state index in [0.717, 1.165) is 0 Å². The minimum atomic E-state index is -1.18. The number of nitro benzene ring substituents is 1. The summed E-state index contributed by atoms with van der Waals surface area (Å²) < 4.78 is 5.13. The summed E-state index contributed by atoms with van der Waals surface area (Å²) in [5.41, 5.74) is -0.200. The number of nitrogens with zero attached hydrogens (tertiary/aromatic N) is 1. The normalized spacial score (nSPS) is 9.91. The number of hydrogen-bond acceptors (Lipinski definition) is 5. The molecule has 23 heavy (non-hydrogen) atoms. The Balaban J connectivity index is 2.04. The van der Waals surface area contributed by atoms with Crippen molar-refractivity contribution >= 4 is 23.3 Å². The fraction of sp³-hybridized carbons (Fsp3) is 0.0667. The molecule has 8 nitrogen and oxygen atoms in total. The number of amides is 1. The molecule has 2 rings (SSSR count). The van der Waals surface area contributed by atoms with E-state index in [1.165, 1.54) is 36.4 Å². The molecule has 0 radical (unpaired) electrons. The third-order valence-electron chi connectivity index (χ3n) is 2.85. The number of carboxylic acids is 1. The molecule has 0 heterocycles. The molecule has 0 saturated carbocycles. The Morgan fingerprint density at radius 2 is 1.78 bits per heavy atom. The fourth-order valence-corrected chi connectivity index (χ4v) is 1.84. The van der Waals surface area contributed by atoms with Crippen LogP contribution in [0.4, 0.5) is 11.4 Å². The van der Waals surface area contributed by atoms with Crippen LogP contribution >= 0.6 is 0 Å². The molecule has 0 unspecified atom stereocenters. The first-order valence-corrected chi connectivity index (χ1v) is 6.47. The number of nitro groups is 1. The summed E-state index contributed by atoms with van der Waals surface area (Å²) in [6.07, 6.45) is 0. The van der Waals surface area contributed by atoms with Crippen LogP contribution in [0.2, 0.25) is 0 Å². The molecule has 0 aliphatic heterocycles. The minimum absolute atomic E-state index is 0.0424. The van der Waals surface area contributed by atoms with Crippen LogP contribution in [0.25, 0.3) is 0 Å². The van der Waals surface area contributed by atoms with E-state index in [0.29, 0.717) is 0 Å². The number of carbonyl (C=O) groups is 2. The van der Waals surface area contributed by atoms with Gasteiger partial charge in [-0.05, 0) is 18.2 Å². The molecule has 118 valence electrons. The first-order chi connectivity index (χ1) is 11.0. The molecule has 8 heteroatoms. The fourth-order valence-electron chi connectivity index (χ4n) is 1.84. The molecule has 0 bridgehead atoms. The van der Waals surface area contributed by atoms with Crippen molar-refractivity contribution in [2.24, 2.45) is 0 Å². The van der Waals surface area contributed by atoms with Crippen molar-refractivity contribution in [3.8, 4) is 5.75 Å².